The highest BCUT2D eigenvalue weighted by molar-refractivity contribution is 7.88. The quantitative estimate of drug-likeness (QED) is 0.813. The van der Waals surface area contributed by atoms with Gasteiger partial charge in [0.25, 0.3) is 0 Å². The van der Waals surface area contributed by atoms with E-state index in [1.165, 1.54) is 22.7 Å². The molecule has 0 aliphatic carbocycles. The van der Waals surface area contributed by atoms with Gasteiger partial charge in [-0.05, 0) is 25.1 Å². The lowest BCUT2D eigenvalue weighted by molar-refractivity contribution is 0.0697. The molecule has 0 atom stereocenters. The molecule has 9 nitrogen and oxygen atoms in total. The van der Waals surface area contributed by atoms with Crippen molar-refractivity contribution >= 4 is 16.0 Å². The highest BCUT2D eigenvalue weighted by atomic mass is 32.2. The number of rotatable bonds is 5. The predicted octanol–water partition coefficient (Wildman–Crippen LogP) is 0.902. The number of carbonyl (C=O) groups is 1. The molecule has 1 N–H and O–H groups in total. The summed E-state index contributed by atoms with van der Waals surface area (Å²) in [7, 11) is -3.17. The lowest BCUT2D eigenvalue weighted by Gasteiger charge is -2.18. The number of sulfonamides is 1. The van der Waals surface area contributed by atoms with E-state index in [9.17, 15) is 13.2 Å². The fraction of sp³-hybridized carbons (Fsp3) is 0.438. The number of carboxylic acids is 1. The van der Waals surface area contributed by atoms with E-state index in [4.69, 9.17) is 9.63 Å². The summed E-state index contributed by atoms with van der Waals surface area (Å²) < 4.78 is 30.1. The van der Waals surface area contributed by atoms with Gasteiger partial charge in [-0.3, -0.25) is 4.90 Å². The number of nitrogens with zero attached hydrogens (tertiary/aromatic N) is 4. The Morgan fingerprint density at radius 3 is 2.58 bits per heavy atom. The Balaban J connectivity index is 1.64. The van der Waals surface area contributed by atoms with E-state index in [2.05, 4.69) is 15.0 Å². The van der Waals surface area contributed by atoms with Crippen molar-refractivity contribution in [2.75, 3.05) is 32.4 Å². The standard InChI is InChI=1S/C16H20N4O5S/c1-26(23,24)20-8-2-7-19(9-10-20)11-14-17-15(18-25-14)12-3-5-13(6-4-12)16(21)22/h3-6H,2,7-11H2,1H3,(H,21,22). The molecule has 0 radical (unpaired) electrons. The van der Waals surface area contributed by atoms with Gasteiger partial charge in [-0.25, -0.2) is 17.5 Å². The maximum Gasteiger partial charge on any atom is 0.335 e. The second-order valence-corrected chi connectivity index (χ2v) is 8.17. The Morgan fingerprint density at radius 1 is 1.19 bits per heavy atom. The Morgan fingerprint density at radius 2 is 1.92 bits per heavy atom. The summed E-state index contributed by atoms with van der Waals surface area (Å²) in [5, 5.41) is 12.9. The van der Waals surface area contributed by atoms with Crippen LogP contribution in [0.5, 0.6) is 0 Å². The zero-order chi connectivity index (χ0) is 18.7. The highest BCUT2D eigenvalue weighted by Crippen LogP contribution is 2.18. The molecule has 140 valence electrons. The number of aromatic nitrogens is 2. The molecule has 0 spiro atoms. The monoisotopic (exact) mass is 380 g/mol. The molecule has 1 fully saturated rings. The molecule has 0 bridgehead atoms. The van der Waals surface area contributed by atoms with Crippen molar-refractivity contribution in [3.05, 3.63) is 35.7 Å². The van der Waals surface area contributed by atoms with Gasteiger partial charge in [0, 0.05) is 25.2 Å². The van der Waals surface area contributed by atoms with Gasteiger partial charge < -0.3 is 9.63 Å². The molecule has 10 heteroatoms. The minimum Gasteiger partial charge on any atom is -0.478 e. The first-order valence-corrected chi connectivity index (χ1v) is 10.0. The predicted molar refractivity (Wildman–Crippen MR) is 93.0 cm³/mol. The van der Waals surface area contributed by atoms with Gasteiger partial charge in [-0.15, -0.1) is 0 Å². The van der Waals surface area contributed by atoms with Crippen LogP contribution in [0.3, 0.4) is 0 Å². The normalized spacial score (nSPS) is 17.1. The van der Waals surface area contributed by atoms with E-state index in [0.717, 1.165) is 13.0 Å². The summed E-state index contributed by atoms with van der Waals surface area (Å²) in [5.41, 5.74) is 0.863. The van der Waals surface area contributed by atoms with Crippen LogP contribution in [0.2, 0.25) is 0 Å². The van der Waals surface area contributed by atoms with Gasteiger partial charge in [0.2, 0.25) is 21.7 Å². The Bertz CT molecular complexity index is 878. The molecular weight excluding hydrogens is 360 g/mol. The average Bonchev–Trinajstić information content (AvgIpc) is 2.91. The number of aromatic carboxylic acids is 1. The van der Waals surface area contributed by atoms with E-state index in [-0.39, 0.29) is 5.56 Å². The molecule has 2 aromatic rings. The molecule has 0 amide bonds. The molecule has 1 aromatic heterocycles. The molecule has 1 aliphatic rings. The van der Waals surface area contributed by atoms with Crippen molar-refractivity contribution in [3.8, 4) is 11.4 Å². The van der Waals surface area contributed by atoms with Crippen LogP contribution in [-0.4, -0.2) is 71.3 Å². The van der Waals surface area contributed by atoms with Crippen molar-refractivity contribution in [1.29, 1.82) is 0 Å². The summed E-state index contributed by atoms with van der Waals surface area (Å²) in [6.45, 7) is 2.74. The Hall–Kier alpha value is -2.30. The van der Waals surface area contributed by atoms with Crippen LogP contribution in [0.4, 0.5) is 0 Å². The molecular formula is C16H20N4O5S. The van der Waals surface area contributed by atoms with E-state index < -0.39 is 16.0 Å². The Kier molecular flexibility index (Phi) is 5.35. The number of benzene rings is 1. The minimum atomic E-state index is -3.17. The third kappa shape index (κ3) is 4.45. The SMILES string of the molecule is CS(=O)(=O)N1CCCN(Cc2nc(-c3ccc(C(=O)O)cc3)no2)CC1. The lowest BCUT2D eigenvalue weighted by atomic mass is 10.1. The van der Waals surface area contributed by atoms with Gasteiger partial charge in [0.15, 0.2) is 0 Å². The average molecular weight is 380 g/mol. The van der Waals surface area contributed by atoms with E-state index in [1.54, 1.807) is 12.1 Å². The fourth-order valence-corrected chi connectivity index (χ4v) is 3.70. The van der Waals surface area contributed by atoms with Crippen molar-refractivity contribution in [1.82, 2.24) is 19.3 Å². The molecule has 0 saturated carbocycles. The second-order valence-electron chi connectivity index (χ2n) is 6.19. The van der Waals surface area contributed by atoms with Gasteiger partial charge in [-0.2, -0.15) is 4.98 Å². The Labute approximate surface area is 151 Å². The molecule has 1 saturated heterocycles. The zero-order valence-electron chi connectivity index (χ0n) is 14.3. The van der Waals surface area contributed by atoms with Crippen molar-refractivity contribution in [2.45, 2.75) is 13.0 Å². The van der Waals surface area contributed by atoms with Crippen molar-refractivity contribution in [2.24, 2.45) is 0 Å². The topological polar surface area (TPSA) is 117 Å². The van der Waals surface area contributed by atoms with Crippen molar-refractivity contribution < 1.29 is 22.8 Å². The summed E-state index contributed by atoms with van der Waals surface area (Å²) in [6.07, 6.45) is 1.97. The smallest absolute Gasteiger partial charge is 0.335 e. The fourth-order valence-electron chi connectivity index (χ4n) is 2.83. The number of hydrogen-bond donors (Lipinski definition) is 1. The highest BCUT2D eigenvalue weighted by Gasteiger charge is 2.22. The summed E-state index contributed by atoms with van der Waals surface area (Å²) in [4.78, 5) is 17.3. The molecule has 3 rings (SSSR count). The third-order valence-electron chi connectivity index (χ3n) is 4.23. The van der Waals surface area contributed by atoms with Crippen LogP contribution in [0.25, 0.3) is 11.4 Å². The lowest BCUT2D eigenvalue weighted by Crippen LogP contribution is -2.34. The summed E-state index contributed by atoms with van der Waals surface area (Å²) in [5.74, 6) is -0.158. The molecule has 0 unspecified atom stereocenters. The first kappa shape index (κ1) is 18.5. The van der Waals surface area contributed by atoms with Gasteiger partial charge in [0.1, 0.15) is 0 Å². The van der Waals surface area contributed by atoms with Crippen LogP contribution < -0.4 is 0 Å². The number of carboxylic acid groups (broad SMARTS) is 1. The molecule has 1 aliphatic heterocycles. The van der Waals surface area contributed by atoms with Crippen LogP contribution in [0.15, 0.2) is 28.8 Å². The summed E-state index contributed by atoms with van der Waals surface area (Å²) in [6, 6.07) is 6.24. The first-order valence-electron chi connectivity index (χ1n) is 8.17. The molecule has 1 aromatic carbocycles. The van der Waals surface area contributed by atoms with Crippen LogP contribution in [0.1, 0.15) is 22.7 Å². The van der Waals surface area contributed by atoms with Gasteiger partial charge in [0.05, 0.1) is 18.4 Å². The molecule has 26 heavy (non-hydrogen) atoms. The van der Waals surface area contributed by atoms with Crippen LogP contribution in [-0.2, 0) is 16.6 Å². The third-order valence-corrected chi connectivity index (χ3v) is 5.54. The van der Waals surface area contributed by atoms with Crippen LogP contribution in [0, 0.1) is 0 Å². The first-order chi connectivity index (χ1) is 12.3. The van der Waals surface area contributed by atoms with Crippen LogP contribution >= 0.6 is 0 Å². The minimum absolute atomic E-state index is 0.192. The van der Waals surface area contributed by atoms with Gasteiger partial charge in [-0.1, -0.05) is 17.3 Å². The van der Waals surface area contributed by atoms with E-state index in [0.29, 0.717) is 43.5 Å². The number of hydrogen-bond acceptors (Lipinski definition) is 7. The molecule has 2 heterocycles. The van der Waals surface area contributed by atoms with E-state index >= 15 is 0 Å². The van der Waals surface area contributed by atoms with Crippen molar-refractivity contribution in [3.63, 3.8) is 0 Å². The van der Waals surface area contributed by atoms with E-state index in [1.807, 2.05) is 0 Å². The maximum absolute atomic E-state index is 11.7. The second kappa shape index (κ2) is 7.52. The largest absolute Gasteiger partial charge is 0.478 e. The maximum atomic E-state index is 11.7. The zero-order valence-corrected chi connectivity index (χ0v) is 15.1. The van der Waals surface area contributed by atoms with Gasteiger partial charge >= 0.3 is 5.97 Å². The summed E-state index contributed by atoms with van der Waals surface area (Å²) >= 11 is 0.